The second-order valence-corrected chi connectivity index (χ2v) is 14.8. The number of Topliss-reactive ketones (excluding diaryl/α,β-unsaturated/α-hetero) is 1. The van der Waals surface area contributed by atoms with Gasteiger partial charge in [-0.2, -0.15) is 0 Å². The van der Waals surface area contributed by atoms with Crippen molar-refractivity contribution in [3.63, 3.8) is 0 Å². The predicted molar refractivity (Wildman–Crippen MR) is 161 cm³/mol. The number of likely N-dealkylation sites (tertiary alicyclic amines) is 2. The van der Waals surface area contributed by atoms with Crippen LogP contribution in [0.25, 0.3) is 0 Å². The van der Waals surface area contributed by atoms with Gasteiger partial charge in [0.05, 0.1) is 16.4 Å². The fourth-order valence-electron chi connectivity index (χ4n) is 7.78. The van der Waals surface area contributed by atoms with Crippen LogP contribution in [0.3, 0.4) is 0 Å². The van der Waals surface area contributed by atoms with Gasteiger partial charge in [-0.1, -0.05) is 42.5 Å². The largest absolute Gasteiger partial charge is 0.381 e. The number of ketones is 1. The number of piperidine rings is 1. The lowest BCUT2D eigenvalue weighted by molar-refractivity contribution is -0.141. The number of sulfone groups is 1. The summed E-state index contributed by atoms with van der Waals surface area (Å²) >= 11 is 0. The van der Waals surface area contributed by atoms with Gasteiger partial charge in [-0.05, 0) is 68.5 Å². The molecule has 42 heavy (non-hydrogen) atoms. The van der Waals surface area contributed by atoms with Gasteiger partial charge in [0.25, 0.3) is 0 Å². The van der Waals surface area contributed by atoms with E-state index >= 15 is 0 Å². The van der Waals surface area contributed by atoms with Gasteiger partial charge >= 0.3 is 0 Å². The van der Waals surface area contributed by atoms with E-state index in [1.165, 1.54) is 11.8 Å². The zero-order valence-electron chi connectivity index (χ0n) is 24.5. The van der Waals surface area contributed by atoms with Crippen molar-refractivity contribution < 1.29 is 22.7 Å². The van der Waals surface area contributed by atoms with E-state index in [-0.39, 0.29) is 35.1 Å². The quantitative estimate of drug-likeness (QED) is 0.502. The number of rotatable bonds is 8. The second-order valence-electron chi connectivity index (χ2n) is 12.8. The molecule has 0 aliphatic carbocycles. The van der Waals surface area contributed by atoms with Crippen LogP contribution in [-0.2, 0) is 30.7 Å². The Morgan fingerprint density at radius 3 is 2.31 bits per heavy atom. The minimum absolute atomic E-state index is 0.0364. The molecule has 8 nitrogen and oxygen atoms in total. The molecule has 1 spiro atoms. The summed E-state index contributed by atoms with van der Waals surface area (Å²) in [6, 6.07) is 17.3. The minimum atomic E-state index is -3.25. The molecule has 4 heterocycles. The molecule has 0 radical (unpaired) electrons. The molecular formula is C33H43N3O5S. The molecule has 4 saturated heterocycles. The van der Waals surface area contributed by atoms with Gasteiger partial charge in [0.15, 0.2) is 15.6 Å². The summed E-state index contributed by atoms with van der Waals surface area (Å²) in [5.41, 5.74) is 1.85. The number of hydrogen-bond donors (Lipinski definition) is 1. The summed E-state index contributed by atoms with van der Waals surface area (Å²) in [6.07, 6.45) is 5.15. The zero-order chi connectivity index (χ0) is 29.3. The average molecular weight is 594 g/mol. The third-order valence-corrected chi connectivity index (χ3v) is 11.4. The highest BCUT2D eigenvalue weighted by Crippen LogP contribution is 2.44. The van der Waals surface area contributed by atoms with Crippen LogP contribution in [0.1, 0.15) is 49.1 Å². The Labute approximate surface area is 249 Å². The number of amides is 1. The van der Waals surface area contributed by atoms with Crippen molar-refractivity contribution >= 4 is 21.5 Å². The van der Waals surface area contributed by atoms with Crippen LogP contribution < -0.4 is 5.32 Å². The standard InChI is InChI=1S/C33H43N3O5S/c1-42(39,40)27-9-7-24(8-10-27)23-36-18-15-33(32(36)38)13-16-35(17-14-33)30(31(37)26-11-19-41-20-12-26)29-22-34-21-28(29)25-5-3-2-4-6-25/h2-10,26,28-30,34H,11-23H2,1H3/t28-,29-,30?/m1/s1. The van der Waals surface area contributed by atoms with Crippen molar-refractivity contribution in [2.45, 2.75) is 55.5 Å². The molecule has 0 aromatic heterocycles. The Morgan fingerprint density at radius 1 is 0.976 bits per heavy atom. The Bertz CT molecular complexity index is 1370. The van der Waals surface area contributed by atoms with Crippen molar-refractivity contribution in [1.29, 1.82) is 0 Å². The lowest BCUT2D eigenvalue weighted by atomic mass is 9.73. The summed E-state index contributed by atoms with van der Waals surface area (Å²) in [5.74, 6) is 1.08. The van der Waals surface area contributed by atoms with Crippen molar-refractivity contribution in [2.75, 3.05) is 52.2 Å². The molecule has 9 heteroatoms. The van der Waals surface area contributed by atoms with E-state index in [4.69, 9.17) is 4.74 Å². The molecule has 2 aromatic rings. The van der Waals surface area contributed by atoms with E-state index in [0.29, 0.717) is 37.0 Å². The van der Waals surface area contributed by atoms with Crippen molar-refractivity contribution in [2.24, 2.45) is 17.3 Å². The highest BCUT2D eigenvalue weighted by molar-refractivity contribution is 7.90. The van der Waals surface area contributed by atoms with Crippen LogP contribution in [0.15, 0.2) is 59.5 Å². The maximum Gasteiger partial charge on any atom is 0.229 e. The maximum atomic E-state index is 14.2. The summed E-state index contributed by atoms with van der Waals surface area (Å²) in [4.78, 5) is 32.7. The van der Waals surface area contributed by atoms with Crippen LogP contribution >= 0.6 is 0 Å². The monoisotopic (exact) mass is 593 g/mol. The molecule has 6 rings (SSSR count). The topological polar surface area (TPSA) is 96.0 Å². The lowest BCUT2D eigenvalue weighted by Crippen LogP contribution is -2.55. The smallest absolute Gasteiger partial charge is 0.229 e. The van der Waals surface area contributed by atoms with Crippen LogP contribution in [0.2, 0.25) is 0 Å². The van der Waals surface area contributed by atoms with Crippen LogP contribution in [-0.4, -0.2) is 88.1 Å². The SMILES string of the molecule is CS(=O)(=O)c1ccc(CN2CCC3(CCN(C(C(=O)C4CCOCC4)[C@@H]4CNC[C@@H]4c4ccccc4)CC3)C2=O)cc1. The summed E-state index contributed by atoms with van der Waals surface area (Å²) in [6.45, 7) is 5.71. The summed E-state index contributed by atoms with van der Waals surface area (Å²) in [5, 5.41) is 3.60. The van der Waals surface area contributed by atoms with Gasteiger partial charge in [0.2, 0.25) is 5.91 Å². The third-order valence-electron chi connectivity index (χ3n) is 10.3. The van der Waals surface area contributed by atoms with Gasteiger partial charge in [-0.15, -0.1) is 0 Å². The first-order chi connectivity index (χ1) is 20.2. The molecule has 3 atom stereocenters. The molecule has 1 amide bonds. The number of hydrogen-bond acceptors (Lipinski definition) is 7. The van der Waals surface area contributed by atoms with Gasteiger partial charge in [-0.25, -0.2) is 8.42 Å². The van der Waals surface area contributed by atoms with E-state index < -0.39 is 9.84 Å². The Hall–Kier alpha value is -2.59. The molecule has 2 aromatic carbocycles. The van der Waals surface area contributed by atoms with E-state index in [9.17, 15) is 18.0 Å². The van der Waals surface area contributed by atoms with E-state index in [1.807, 2.05) is 23.1 Å². The number of benzene rings is 2. The number of nitrogens with zero attached hydrogens (tertiary/aromatic N) is 2. The van der Waals surface area contributed by atoms with Gasteiger partial charge < -0.3 is 15.0 Å². The molecule has 4 aliphatic heterocycles. The first-order valence-corrected chi connectivity index (χ1v) is 17.3. The Kier molecular flexibility index (Phi) is 8.56. The number of carbonyl (C=O) groups excluding carboxylic acids is 2. The zero-order valence-corrected chi connectivity index (χ0v) is 25.4. The molecule has 1 N–H and O–H groups in total. The van der Waals surface area contributed by atoms with E-state index in [1.54, 1.807) is 12.1 Å². The highest BCUT2D eigenvalue weighted by atomic mass is 32.2. The number of carbonyl (C=O) groups is 2. The molecule has 0 bridgehead atoms. The molecule has 0 saturated carbocycles. The van der Waals surface area contributed by atoms with Crippen LogP contribution in [0, 0.1) is 17.3 Å². The summed E-state index contributed by atoms with van der Waals surface area (Å²) in [7, 11) is -3.25. The first kappa shape index (κ1) is 29.5. The van der Waals surface area contributed by atoms with Crippen molar-refractivity contribution in [3.8, 4) is 0 Å². The van der Waals surface area contributed by atoms with Crippen LogP contribution in [0.5, 0.6) is 0 Å². The normalized spacial score (nSPS) is 26.1. The van der Waals surface area contributed by atoms with Gasteiger partial charge in [0.1, 0.15) is 0 Å². The van der Waals surface area contributed by atoms with E-state index in [2.05, 4.69) is 34.5 Å². The molecule has 1 unspecified atom stereocenters. The minimum Gasteiger partial charge on any atom is -0.381 e. The maximum absolute atomic E-state index is 14.2. The molecule has 226 valence electrons. The first-order valence-electron chi connectivity index (χ1n) is 15.4. The van der Waals surface area contributed by atoms with Gasteiger partial charge in [0, 0.05) is 63.4 Å². The molecule has 4 aliphatic rings. The molecule has 4 fully saturated rings. The average Bonchev–Trinajstić information content (AvgIpc) is 3.60. The fourth-order valence-corrected chi connectivity index (χ4v) is 8.41. The highest BCUT2D eigenvalue weighted by Gasteiger charge is 2.51. The van der Waals surface area contributed by atoms with Gasteiger partial charge in [-0.3, -0.25) is 14.5 Å². The molecular weight excluding hydrogens is 550 g/mol. The van der Waals surface area contributed by atoms with Crippen molar-refractivity contribution in [1.82, 2.24) is 15.1 Å². The predicted octanol–water partition coefficient (Wildman–Crippen LogP) is 3.27. The van der Waals surface area contributed by atoms with E-state index in [0.717, 1.165) is 63.8 Å². The fraction of sp³-hybridized carbons (Fsp3) is 0.576. The Morgan fingerprint density at radius 2 is 1.64 bits per heavy atom. The second kappa shape index (κ2) is 12.2. The van der Waals surface area contributed by atoms with Crippen molar-refractivity contribution in [3.05, 3.63) is 65.7 Å². The summed E-state index contributed by atoms with van der Waals surface area (Å²) < 4.78 is 29.2. The lowest BCUT2D eigenvalue weighted by Gasteiger charge is -2.44. The number of nitrogens with one attached hydrogen (secondary N) is 1. The Balaban J connectivity index is 1.16. The third kappa shape index (κ3) is 5.94. The number of ether oxygens (including phenoxy) is 1. The van der Waals surface area contributed by atoms with Crippen LogP contribution in [0.4, 0.5) is 0 Å².